The normalized spacial score (nSPS) is 23.9. The molecule has 0 radical (unpaired) electrons. The highest BCUT2D eigenvalue weighted by atomic mass is 32.2. The van der Waals surface area contributed by atoms with E-state index in [2.05, 4.69) is 11.9 Å². The first kappa shape index (κ1) is 18.8. The number of para-hydroxylation sites is 1. The Morgan fingerprint density at radius 2 is 2.00 bits per heavy atom. The Bertz CT molecular complexity index is 1060. The van der Waals surface area contributed by atoms with Crippen molar-refractivity contribution in [1.82, 2.24) is 18.8 Å². The number of hydrogen-bond acceptors (Lipinski definition) is 4. The first-order valence-electron chi connectivity index (χ1n) is 10.4. The predicted octanol–water partition coefficient (Wildman–Crippen LogP) is 2.66. The second-order valence-corrected chi connectivity index (χ2v) is 10.5. The van der Waals surface area contributed by atoms with Crippen LogP contribution < -0.4 is 0 Å². The lowest BCUT2D eigenvalue weighted by Crippen LogP contribution is -2.40. The monoisotopic (exact) mass is 414 g/mol. The van der Waals surface area contributed by atoms with Gasteiger partial charge in [0.1, 0.15) is 11.2 Å². The van der Waals surface area contributed by atoms with Crippen LogP contribution in [-0.4, -0.2) is 52.7 Å². The number of carbonyl (C=O) groups excluding carboxylic acids is 1. The second-order valence-electron chi connectivity index (χ2n) is 8.62. The summed E-state index contributed by atoms with van der Waals surface area (Å²) in [5.41, 5.74) is 1.62. The second kappa shape index (κ2) is 6.95. The van der Waals surface area contributed by atoms with Crippen molar-refractivity contribution in [1.29, 1.82) is 0 Å². The molecule has 1 amide bonds. The van der Waals surface area contributed by atoms with Crippen molar-refractivity contribution in [2.45, 2.75) is 44.0 Å². The van der Waals surface area contributed by atoms with Gasteiger partial charge < -0.3 is 4.90 Å². The van der Waals surface area contributed by atoms with E-state index in [4.69, 9.17) is 0 Å². The number of piperidine rings is 1. The van der Waals surface area contributed by atoms with Gasteiger partial charge in [0.15, 0.2) is 5.69 Å². The van der Waals surface area contributed by atoms with Crippen LogP contribution in [0.2, 0.25) is 0 Å². The molecule has 0 N–H and O–H groups in total. The molecular weight excluding hydrogens is 388 g/mol. The number of sulfonamides is 1. The molecule has 7 nitrogen and oxygen atoms in total. The molecule has 1 saturated heterocycles. The molecule has 2 aliphatic heterocycles. The molecule has 0 unspecified atom stereocenters. The van der Waals surface area contributed by atoms with Crippen LogP contribution in [-0.2, 0) is 16.6 Å². The van der Waals surface area contributed by atoms with Gasteiger partial charge in [-0.25, -0.2) is 13.4 Å². The maximum atomic E-state index is 13.4. The standard InChI is InChI=1S/C21H26N4O3S/c1-15-5-4-10-23(11-15)21(26)20-18-13-24(12-16-8-9-16)29(27,28)19-7-3-2-6-17(19)25(18)14-22-20/h2-3,6-7,14-16H,4-5,8-13H2,1H3/t15-/m0/s1. The molecule has 1 aliphatic carbocycles. The third kappa shape index (κ3) is 3.28. The van der Waals surface area contributed by atoms with Crippen molar-refractivity contribution in [3.8, 4) is 5.69 Å². The van der Waals surface area contributed by atoms with Crippen LogP contribution in [0, 0.1) is 11.8 Å². The minimum absolute atomic E-state index is 0.0894. The Balaban J connectivity index is 1.60. The van der Waals surface area contributed by atoms with E-state index in [0.29, 0.717) is 35.5 Å². The van der Waals surface area contributed by atoms with Crippen LogP contribution in [0.15, 0.2) is 35.5 Å². The van der Waals surface area contributed by atoms with E-state index < -0.39 is 10.0 Å². The zero-order chi connectivity index (χ0) is 20.2. The Hall–Kier alpha value is -2.19. The van der Waals surface area contributed by atoms with Crippen LogP contribution in [0.1, 0.15) is 48.8 Å². The molecule has 1 atom stereocenters. The Morgan fingerprint density at radius 3 is 2.76 bits per heavy atom. The molecule has 29 heavy (non-hydrogen) atoms. The van der Waals surface area contributed by atoms with E-state index >= 15 is 0 Å². The van der Waals surface area contributed by atoms with Crippen molar-refractivity contribution in [2.24, 2.45) is 11.8 Å². The zero-order valence-electron chi connectivity index (χ0n) is 16.6. The van der Waals surface area contributed by atoms with Gasteiger partial charge in [-0.3, -0.25) is 9.36 Å². The van der Waals surface area contributed by atoms with Crippen LogP contribution in [0.3, 0.4) is 0 Å². The van der Waals surface area contributed by atoms with Crippen molar-refractivity contribution in [3.63, 3.8) is 0 Å². The first-order valence-corrected chi connectivity index (χ1v) is 11.8. The summed E-state index contributed by atoms with van der Waals surface area (Å²) in [5, 5.41) is 0. The number of fused-ring (bicyclic) bond motifs is 3. The van der Waals surface area contributed by atoms with Gasteiger partial charge in [-0.05, 0) is 49.7 Å². The number of amides is 1. The fraction of sp³-hybridized carbons (Fsp3) is 0.524. The van der Waals surface area contributed by atoms with Gasteiger partial charge in [0.05, 0.1) is 17.9 Å². The summed E-state index contributed by atoms with van der Waals surface area (Å²) in [6, 6.07) is 7.00. The van der Waals surface area contributed by atoms with E-state index in [1.54, 1.807) is 33.4 Å². The first-order chi connectivity index (χ1) is 13.9. The van der Waals surface area contributed by atoms with Gasteiger partial charge in [-0.15, -0.1) is 0 Å². The molecule has 3 aliphatic rings. The zero-order valence-corrected chi connectivity index (χ0v) is 17.4. The summed E-state index contributed by atoms with van der Waals surface area (Å²) in [5.74, 6) is 0.795. The molecule has 154 valence electrons. The lowest BCUT2D eigenvalue weighted by atomic mass is 10.00. The molecule has 1 aromatic heterocycles. The molecule has 8 heteroatoms. The third-order valence-corrected chi connectivity index (χ3v) is 8.10. The fourth-order valence-electron chi connectivity index (χ4n) is 4.45. The Kier molecular flexibility index (Phi) is 4.51. The van der Waals surface area contributed by atoms with E-state index in [9.17, 15) is 13.2 Å². The predicted molar refractivity (Wildman–Crippen MR) is 108 cm³/mol. The summed E-state index contributed by atoms with van der Waals surface area (Å²) < 4.78 is 30.1. The number of hydrogen-bond donors (Lipinski definition) is 0. The van der Waals surface area contributed by atoms with Crippen LogP contribution >= 0.6 is 0 Å². The number of benzene rings is 1. The Morgan fingerprint density at radius 1 is 1.21 bits per heavy atom. The van der Waals surface area contributed by atoms with Gasteiger partial charge in [-0.2, -0.15) is 4.31 Å². The minimum atomic E-state index is -3.63. The van der Waals surface area contributed by atoms with E-state index in [0.717, 1.165) is 38.8 Å². The van der Waals surface area contributed by atoms with Crippen molar-refractivity contribution in [3.05, 3.63) is 42.0 Å². The molecular formula is C21H26N4O3S. The number of likely N-dealkylation sites (tertiary alicyclic amines) is 1. The van der Waals surface area contributed by atoms with E-state index in [1.807, 2.05) is 11.0 Å². The van der Waals surface area contributed by atoms with Crippen molar-refractivity contribution < 1.29 is 13.2 Å². The van der Waals surface area contributed by atoms with Crippen LogP contribution in [0.4, 0.5) is 0 Å². The van der Waals surface area contributed by atoms with E-state index in [1.165, 1.54) is 0 Å². The van der Waals surface area contributed by atoms with Crippen molar-refractivity contribution in [2.75, 3.05) is 19.6 Å². The van der Waals surface area contributed by atoms with Gasteiger partial charge in [0.25, 0.3) is 5.91 Å². The average Bonchev–Trinajstić information content (AvgIpc) is 3.45. The molecule has 0 bridgehead atoms. The van der Waals surface area contributed by atoms with Gasteiger partial charge in [-0.1, -0.05) is 19.1 Å². The lowest BCUT2D eigenvalue weighted by molar-refractivity contribution is 0.0675. The molecule has 1 aromatic carbocycles. The number of rotatable bonds is 3. The molecule has 2 fully saturated rings. The fourth-order valence-corrected chi connectivity index (χ4v) is 6.11. The molecule has 3 heterocycles. The molecule has 5 rings (SSSR count). The van der Waals surface area contributed by atoms with Gasteiger partial charge in [0.2, 0.25) is 10.0 Å². The smallest absolute Gasteiger partial charge is 0.274 e. The topological polar surface area (TPSA) is 75.5 Å². The summed E-state index contributed by atoms with van der Waals surface area (Å²) >= 11 is 0. The van der Waals surface area contributed by atoms with Crippen LogP contribution in [0.25, 0.3) is 5.69 Å². The number of carbonyl (C=O) groups is 1. The van der Waals surface area contributed by atoms with Crippen molar-refractivity contribution >= 4 is 15.9 Å². The molecule has 1 saturated carbocycles. The summed E-state index contributed by atoms with van der Waals surface area (Å²) in [6.45, 7) is 4.30. The lowest BCUT2D eigenvalue weighted by Gasteiger charge is -2.30. The largest absolute Gasteiger partial charge is 0.337 e. The number of nitrogens with zero attached hydrogens (tertiary/aromatic N) is 4. The highest BCUT2D eigenvalue weighted by Crippen LogP contribution is 2.36. The Labute approximate surface area is 171 Å². The highest BCUT2D eigenvalue weighted by Gasteiger charge is 2.38. The maximum Gasteiger partial charge on any atom is 0.274 e. The number of aromatic nitrogens is 2. The maximum absolute atomic E-state index is 13.4. The third-order valence-electron chi connectivity index (χ3n) is 6.24. The number of imidazole rings is 1. The van der Waals surface area contributed by atoms with Gasteiger partial charge in [0, 0.05) is 19.6 Å². The highest BCUT2D eigenvalue weighted by molar-refractivity contribution is 7.89. The average molecular weight is 415 g/mol. The van der Waals surface area contributed by atoms with Gasteiger partial charge >= 0.3 is 0 Å². The SMILES string of the molecule is C[C@H]1CCCN(C(=O)c2ncn3c2CN(CC2CC2)S(=O)(=O)c2ccccc2-3)C1. The van der Waals surface area contributed by atoms with Crippen LogP contribution in [0.5, 0.6) is 0 Å². The minimum Gasteiger partial charge on any atom is -0.337 e. The summed E-state index contributed by atoms with van der Waals surface area (Å²) in [7, 11) is -3.63. The summed E-state index contributed by atoms with van der Waals surface area (Å²) in [4.78, 5) is 19.9. The molecule has 0 spiro atoms. The quantitative estimate of drug-likeness (QED) is 0.774. The summed E-state index contributed by atoms with van der Waals surface area (Å²) in [6.07, 6.45) is 5.85. The molecule has 2 aromatic rings. The van der Waals surface area contributed by atoms with E-state index in [-0.39, 0.29) is 17.3 Å².